The van der Waals surface area contributed by atoms with Gasteiger partial charge >= 0.3 is 0 Å². The van der Waals surface area contributed by atoms with Gasteiger partial charge < -0.3 is 47.7 Å². The molecule has 0 unspecified atom stereocenters. The first-order valence-corrected chi connectivity index (χ1v) is 28.8. The monoisotopic (exact) mass is 1100 g/mol. The van der Waals surface area contributed by atoms with Gasteiger partial charge in [-0.15, -0.1) is 0 Å². The van der Waals surface area contributed by atoms with Gasteiger partial charge in [0.25, 0.3) is 0 Å². The number of rotatable bonds is 26. The second kappa shape index (κ2) is 26.3. The average molecular weight is 1100 g/mol. The van der Waals surface area contributed by atoms with Gasteiger partial charge in [-0.05, 0) is 145 Å². The molecule has 2 aromatic heterocycles. The first-order valence-electron chi connectivity index (χ1n) is 28.0. The predicted octanol–water partition coefficient (Wildman–Crippen LogP) is 13.5. The Labute approximate surface area is 467 Å². The topological polar surface area (TPSA) is 140 Å². The molecule has 78 heavy (non-hydrogen) atoms. The van der Waals surface area contributed by atoms with Gasteiger partial charge in [-0.3, -0.25) is 19.6 Å². The van der Waals surface area contributed by atoms with Crippen molar-refractivity contribution in [2.45, 2.75) is 109 Å². The lowest BCUT2D eigenvalue weighted by Crippen LogP contribution is -2.38. The highest BCUT2D eigenvalue weighted by molar-refractivity contribution is 6.32. The fourth-order valence-corrected chi connectivity index (χ4v) is 10.6. The average Bonchev–Trinajstić information content (AvgIpc) is 4.45. The molecule has 4 aromatic carbocycles. The maximum Gasteiger partial charge on any atom is 0.204 e. The second-order valence-corrected chi connectivity index (χ2v) is 22.5. The summed E-state index contributed by atoms with van der Waals surface area (Å²) in [5.74, 6) is 7.54. The molecule has 5 aliphatic rings. The van der Waals surface area contributed by atoms with Crippen LogP contribution in [0.3, 0.4) is 0 Å². The number of unbranched alkanes of at least 4 members (excludes halogenated alkanes) is 3. The van der Waals surface area contributed by atoms with E-state index in [-0.39, 0.29) is 11.6 Å². The molecule has 3 fully saturated rings. The molecule has 0 atom stereocenters. The van der Waals surface area contributed by atoms with Crippen LogP contribution in [-0.2, 0) is 22.4 Å². The SMILES string of the molecule is CN(C)CCCCCCOc1cc2nccc(Oc3ccc(CC(=O)CC4CC4)c(Cl)c3)c2c2c1OCCO2.CN(CCCOc1cc2nccc(Oc3ccc(CC(=O)CC4CC4)c(Cl)c3)c2c2c1OCCO2)C1CCC1. The Balaban J connectivity index is 0.000000176. The summed E-state index contributed by atoms with van der Waals surface area (Å²) >= 11 is 13.1. The lowest BCUT2D eigenvalue weighted by molar-refractivity contribution is -0.119. The van der Waals surface area contributed by atoms with Crippen molar-refractivity contribution < 1.29 is 47.5 Å². The standard InChI is InChI=1S/C31H35ClN2O5.C31H37ClN2O5/c1-34(22-4-2-5-22)12-3-13-36-28-19-26-29(31-30(28)37-14-15-38-31)27(10-11-33-26)39-24-9-8-21(25(32)18-24)17-23(35)16-20-6-7-20;1-34(2)13-5-3-4-6-14-36-28-20-26-29(31-30(28)37-15-16-38-31)27(11-12-33-26)39-24-10-9-22(25(32)19-24)18-23(35)17-21-7-8-21/h8-11,18-20,22H,2-7,12-17H2,1H3;9-12,19-21H,3-8,13-18H2,1-2H3. The number of fused-ring (bicyclic) bond motifs is 6. The van der Waals surface area contributed by atoms with Crippen LogP contribution >= 0.6 is 23.2 Å². The zero-order valence-electron chi connectivity index (χ0n) is 45.3. The molecule has 0 radical (unpaired) electrons. The lowest BCUT2D eigenvalue weighted by Gasteiger charge is -2.34. The summed E-state index contributed by atoms with van der Waals surface area (Å²) in [5.41, 5.74) is 3.05. The number of benzene rings is 4. The van der Waals surface area contributed by atoms with Gasteiger partial charge in [-0.1, -0.05) is 54.6 Å². The lowest BCUT2D eigenvalue weighted by atomic mass is 9.92. The molecule has 3 saturated carbocycles. The Bertz CT molecular complexity index is 3070. The summed E-state index contributed by atoms with van der Waals surface area (Å²) in [6.45, 7) is 5.07. The molecular formula is C62H72Cl2N4O10. The van der Waals surface area contributed by atoms with Gasteiger partial charge in [0, 0.05) is 72.8 Å². The highest BCUT2D eigenvalue weighted by atomic mass is 35.5. The summed E-state index contributed by atoms with van der Waals surface area (Å²) in [6.07, 6.45) is 19.4. The van der Waals surface area contributed by atoms with Crippen LogP contribution in [0.15, 0.2) is 73.1 Å². The van der Waals surface area contributed by atoms with E-state index in [2.05, 4.69) is 40.9 Å². The van der Waals surface area contributed by atoms with Crippen molar-refractivity contribution in [1.82, 2.24) is 19.8 Å². The Kier molecular flexibility index (Phi) is 18.6. The van der Waals surface area contributed by atoms with E-state index in [0.29, 0.717) is 156 Å². The summed E-state index contributed by atoms with van der Waals surface area (Å²) < 4.78 is 49.1. The number of pyridine rings is 2. The first kappa shape index (κ1) is 55.3. The van der Waals surface area contributed by atoms with E-state index in [4.69, 9.17) is 61.1 Å². The van der Waals surface area contributed by atoms with Crippen LogP contribution in [0.25, 0.3) is 21.8 Å². The Morgan fingerprint density at radius 2 is 1.03 bits per heavy atom. The third kappa shape index (κ3) is 14.6. The quantitative estimate of drug-likeness (QED) is 0.0476. The van der Waals surface area contributed by atoms with Crippen LogP contribution in [0.5, 0.6) is 57.5 Å². The summed E-state index contributed by atoms with van der Waals surface area (Å²) in [4.78, 5) is 38.4. The van der Waals surface area contributed by atoms with Gasteiger partial charge in [0.1, 0.15) is 61.0 Å². The number of aromatic nitrogens is 2. The smallest absolute Gasteiger partial charge is 0.204 e. The molecule has 11 rings (SSSR count). The molecule has 16 heteroatoms. The van der Waals surface area contributed by atoms with Crippen LogP contribution in [0.1, 0.15) is 101 Å². The van der Waals surface area contributed by atoms with Crippen LogP contribution in [0.2, 0.25) is 10.0 Å². The summed E-state index contributed by atoms with van der Waals surface area (Å²) in [6, 6.07) is 19.1. The van der Waals surface area contributed by atoms with Crippen LogP contribution in [-0.4, -0.2) is 111 Å². The number of carbonyl (C=O) groups excluding carboxylic acids is 2. The minimum Gasteiger partial charge on any atom is -0.489 e. The zero-order valence-corrected chi connectivity index (χ0v) is 46.8. The minimum absolute atomic E-state index is 0.235. The van der Waals surface area contributed by atoms with E-state index in [1.165, 1.54) is 32.1 Å². The maximum atomic E-state index is 12.3. The van der Waals surface area contributed by atoms with Gasteiger partial charge in [0.2, 0.25) is 11.5 Å². The van der Waals surface area contributed by atoms with Crippen molar-refractivity contribution in [2.75, 3.05) is 73.9 Å². The fraction of sp³-hybridized carbons (Fsp3) is 0.484. The van der Waals surface area contributed by atoms with Gasteiger partial charge in [0.05, 0.1) is 35.0 Å². The number of hydrogen-bond acceptors (Lipinski definition) is 14. The van der Waals surface area contributed by atoms with Crippen LogP contribution in [0.4, 0.5) is 0 Å². The number of carbonyl (C=O) groups is 2. The van der Waals surface area contributed by atoms with Gasteiger partial charge in [-0.25, -0.2) is 0 Å². The van der Waals surface area contributed by atoms with E-state index in [1.54, 1.807) is 36.7 Å². The zero-order chi connectivity index (χ0) is 54.0. The van der Waals surface area contributed by atoms with Crippen molar-refractivity contribution in [3.8, 4) is 57.5 Å². The summed E-state index contributed by atoms with van der Waals surface area (Å²) in [5, 5.41) is 2.50. The second-order valence-electron chi connectivity index (χ2n) is 21.6. The number of ketones is 2. The number of halogens is 2. The normalized spacial score (nSPS) is 15.7. The van der Waals surface area contributed by atoms with Crippen LogP contribution < -0.4 is 37.9 Å². The molecule has 0 saturated heterocycles. The van der Waals surface area contributed by atoms with Crippen molar-refractivity contribution in [3.63, 3.8) is 0 Å². The largest absolute Gasteiger partial charge is 0.489 e. The summed E-state index contributed by atoms with van der Waals surface area (Å²) in [7, 11) is 6.40. The molecular weight excluding hydrogens is 1030 g/mol. The molecule has 0 N–H and O–H groups in total. The number of Topliss-reactive ketones (excluding diaryl/α,β-unsaturated/α-hetero) is 2. The predicted molar refractivity (Wildman–Crippen MR) is 304 cm³/mol. The first-order chi connectivity index (χ1) is 38.0. The molecule has 4 heterocycles. The Hall–Kier alpha value is -6.06. The molecule has 0 spiro atoms. The molecule has 6 aromatic rings. The third-order valence-corrected chi connectivity index (χ3v) is 15.7. The molecule has 0 bridgehead atoms. The third-order valence-electron chi connectivity index (χ3n) is 15.0. The highest BCUT2D eigenvalue weighted by Gasteiger charge is 2.29. The molecule has 14 nitrogen and oxygen atoms in total. The van der Waals surface area contributed by atoms with Crippen molar-refractivity contribution in [3.05, 3.63) is 94.2 Å². The van der Waals surface area contributed by atoms with Gasteiger partial charge in [0.15, 0.2) is 23.0 Å². The fourth-order valence-electron chi connectivity index (χ4n) is 10.1. The van der Waals surface area contributed by atoms with Crippen molar-refractivity contribution in [2.24, 2.45) is 11.8 Å². The Morgan fingerprint density at radius 1 is 0.551 bits per heavy atom. The van der Waals surface area contributed by atoms with E-state index in [0.717, 1.165) is 86.0 Å². The van der Waals surface area contributed by atoms with Crippen molar-refractivity contribution >= 4 is 56.6 Å². The molecule has 3 aliphatic carbocycles. The molecule has 2 aliphatic heterocycles. The number of ether oxygens (including phenoxy) is 8. The number of nitrogens with zero attached hydrogens (tertiary/aromatic N) is 4. The Morgan fingerprint density at radius 3 is 1.47 bits per heavy atom. The van der Waals surface area contributed by atoms with E-state index >= 15 is 0 Å². The minimum atomic E-state index is 0.235. The van der Waals surface area contributed by atoms with E-state index < -0.39 is 0 Å². The van der Waals surface area contributed by atoms with E-state index in [9.17, 15) is 9.59 Å². The maximum absolute atomic E-state index is 12.3. The molecule has 0 amide bonds. The van der Waals surface area contributed by atoms with E-state index in [1.807, 2.05) is 36.4 Å². The molecule has 414 valence electrons. The number of hydrogen-bond donors (Lipinski definition) is 0. The van der Waals surface area contributed by atoms with Crippen molar-refractivity contribution in [1.29, 1.82) is 0 Å². The highest BCUT2D eigenvalue weighted by Crippen LogP contribution is 2.50. The van der Waals surface area contributed by atoms with Gasteiger partial charge in [-0.2, -0.15) is 0 Å². The van der Waals surface area contributed by atoms with Crippen LogP contribution in [0, 0.1) is 11.8 Å².